The van der Waals surface area contributed by atoms with Crippen molar-refractivity contribution >= 4 is 11.6 Å². The lowest BCUT2D eigenvalue weighted by atomic mass is 9.62. The Balaban J connectivity index is 2.34. The molecule has 0 heterocycles. The Morgan fingerprint density at radius 2 is 1.87 bits per heavy atom. The van der Waals surface area contributed by atoms with Crippen LogP contribution in [0.4, 0.5) is 8.78 Å². The average molecular weight is 232 g/mol. The first-order valence-electron chi connectivity index (χ1n) is 4.82. The second-order valence-electron chi connectivity index (χ2n) is 4.17. The monoisotopic (exact) mass is 231 g/mol. The van der Waals surface area contributed by atoms with Crippen LogP contribution in [-0.2, 0) is 5.41 Å². The van der Waals surface area contributed by atoms with Crippen LogP contribution in [-0.4, -0.2) is 12.5 Å². The Morgan fingerprint density at radius 1 is 1.27 bits per heavy atom. The van der Waals surface area contributed by atoms with E-state index in [0.29, 0.717) is 5.02 Å². The fourth-order valence-corrected chi connectivity index (χ4v) is 2.61. The second-order valence-corrected chi connectivity index (χ2v) is 4.58. The summed E-state index contributed by atoms with van der Waals surface area (Å²) in [5, 5.41) is 0.526. The topological polar surface area (TPSA) is 26.0 Å². The summed E-state index contributed by atoms with van der Waals surface area (Å²) in [7, 11) is 0. The number of benzene rings is 1. The van der Waals surface area contributed by atoms with Gasteiger partial charge in [0.05, 0.1) is 0 Å². The molecule has 0 radical (unpaired) electrons. The standard InChI is InChI=1S/C11H12ClF2N/c12-9-4-2-1-3-8(9)10(7-15)5-11(13,14)6-10/h1-4H,5-7,15H2. The van der Waals surface area contributed by atoms with E-state index in [9.17, 15) is 8.78 Å². The third kappa shape index (κ3) is 1.74. The van der Waals surface area contributed by atoms with Crippen molar-refractivity contribution < 1.29 is 8.78 Å². The van der Waals surface area contributed by atoms with Crippen molar-refractivity contribution in [3.8, 4) is 0 Å². The summed E-state index contributed by atoms with van der Waals surface area (Å²) in [6.45, 7) is 0.215. The highest BCUT2D eigenvalue weighted by atomic mass is 35.5. The van der Waals surface area contributed by atoms with E-state index >= 15 is 0 Å². The smallest absolute Gasteiger partial charge is 0.250 e. The molecular weight excluding hydrogens is 220 g/mol. The maximum atomic E-state index is 12.9. The molecule has 0 aromatic heterocycles. The molecule has 1 aromatic carbocycles. The number of rotatable bonds is 2. The summed E-state index contributed by atoms with van der Waals surface area (Å²) < 4.78 is 25.9. The molecule has 15 heavy (non-hydrogen) atoms. The molecule has 4 heteroatoms. The maximum Gasteiger partial charge on any atom is 0.250 e. The molecule has 2 N–H and O–H groups in total. The maximum absolute atomic E-state index is 12.9. The SMILES string of the molecule is NCC1(c2ccccc2Cl)CC(F)(F)C1. The Labute approximate surface area is 92.2 Å². The third-order valence-electron chi connectivity index (χ3n) is 3.03. The van der Waals surface area contributed by atoms with Gasteiger partial charge in [0.15, 0.2) is 0 Å². The Bertz CT molecular complexity index is 371. The van der Waals surface area contributed by atoms with E-state index in [1.54, 1.807) is 24.3 Å². The number of halogens is 3. The van der Waals surface area contributed by atoms with Gasteiger partial charge in [-0.05, 0) is 11.6 Å². The van der Waals surface area contributed by atoms with E-state index in [0.717, 1.165) is 5.56 Å². The van der Waals surface area contributed by atoms with E-state index in [4.69, 9.17) is 17.3 Å². The van der Waals surface area contributed by atoms with Crippen molar-refractivity contribution in [2.75, 3.05) is 6.54 Å². The average Bonchev–Trinajstić information content (AvgIpc) is 2.14. The molecule has 0 saturated heterocycles. The van der Waals surface area contributed by atoms with E-state index in [1.165, 1.54) is 0 Å². The molecule has 0 aliphatic heterocycles. The number of hydrogen-bond donors (Lipinski definition) is 1. The highest BCUT2D eigenvalue weighted by molar-refractivity contribution is 6.31. The van der Waals surface area contributed by atoms with Gasteiger partial charge in [0.1, 0.15) is 0 Å². The van der Waals surface area contributed by atoms with Crippen LogP contribution in [0.15, 0.2) is 24.3 Å². The molecule has 1 aliphatic carbocycles. The summed E-state index contributed by atoms with van der Waals surface area (Å²) in [6.07, 6.45) is -0.388. The van der Waals surface area contributed by atoms with Crippen LogP contribution >= 0.6 is 11.6 Å². The summed E-state index contributed by atoms with van der Waals surface area (Å²) in [4.78, 5) is 0. The van der Waals surface area contributed by atoms with E-state index in [2.05, 4.69) is 0 Å². The van der Waals surface area contributed by atoms with Crippen LogP contribution in [0.2, 0.25) is 5.02 Å². The van der Waals surface area contributed by atoms with Crippen LogP contribution in [0.1, 0.15) is 18.4 Å². The quantitative estimate of drug-likeness (QED) is 0.832. The minimum Gasteiger partial charge on any atom is -0.330 e. The van der Waals surface area contributed by atoms with Crippen molar-refractivity contribution in [1.82, 2.24) is 0 Å². The van der Waals surface area contributed by atoms with E-state index in [-0.39, 0.29) is 19.4 Å². The first kappa shape index (κ1) is 10.8. The van der Waals surface area contributed by atoms with Gasteiger partial charge < -0.3 is 5.73 Å². The van der Waals surface area contributed by atoms with Gasteiger partial charge in [0.25, 0.3) is 0 Å². The van der Waals surface area contributed by atoms with Gasteiger partial charge in [-0.2, -0.15) is 0 Å². The van der Waals surface area contributed by atoms with Gasteiger partial charge >= 0.3 is 0 Å². The molecule has 0 unspecified atom stereocenters. The van der Waals surface area contributed by atoms with Gasteiger partial charge in [0.2, 0.25) is 5.92 Å². The number of nitrogens with two attached hydrogens (primary N) is 1. The van der Waals surface area contributed by atoms with Crippen molar-refractivity contribution in [2.24, 2.45) is 5.73 Å². The molecule has 1 aliphatic rings. The molecule has 2 rings (SSSR count). The van der Waals surface area contributed by atoms with E-state index in [1.807, 2.05) is 0 Å². The summed E-state index contributed by atoms with van der Waals surface area (Å²) in [5.41, 5.74) is 5.73. The summed E-state index contributed by atoms with van der Waals surface area (Å²) >= 11 is 5.99. The molecule has 1 aromatic rings. The van der Waals surface area contributed by atoms with Crippen molar-refractivity contribution in [1.29, 1.82) is 0 Å². The molecular formula is C11H12ClF2N. The lowest BCUT2D eigenvalue weighted by Gasteiger charge is -2.47. The van der Waals surface area contributed by atoms with Gasteiger partial charge in [0, 0.05) is 29.8 Å². The molecule has 0 atom stereocenters. The van der Waals surface area contributed by atoms with Gasteiger partial charge in [-0.1, -0.05) is 29.8 Å². The minimum absolute atomic E-state index is 0.194. The zero-order chi connectivity index (χ0) is 11.1. The molecule has 0 spiro atoms. The Kier molecular flexibility index (Phi) is 2.47. The van der Waals surface area contributed by atoms with Crippen LogP contribution in [0.25, 0.3) is 0 Å². The van der Waals surface area contributed by atoms with E-state index < -0.39 is 11.3 Å². The molecule has 82 valence electrons. The van der Waals surface area contributed by atoms with Crippen LogP contribution in [0.3, 0.4) is 0 Å². The molecule has 1 nitrogen and oxygen atoms in total. The highest BCUT2D eigenvalue weighted by Crippen LogP contribution is 2.54. The molecule has 0 amide bonds. The number of hydrogen-bond acceptors (Lipinski definition) is 1. The fourth-order valence-electron chi connectivity index (χ4n) is 2.27. The zero-order valence-corrected chi connectivity index (χ0v) is 8.90. The zero-order valence-electron chi connectivity index (χ0n) is 8.14. The fraction of sp³-hybridized carbons (Fsp3) is 0.455. The first-order chi connectivity index (χ1) is 6.99. The predicted octanol–water partition coefficient (Wildman–Crippen LogP) is 2.97. The Hall–Kier alpha value is -0.670. The van der Waals surface area contributed by atoms with Crippen molar-refractivity contribution in [3.63, 3.8) is 0 Å². The minimum atomic E-state index is -2.58. The highest BCUT2D eigenvalue weighted by Gasteiger charge is 2.56. The second kappa shape index (κ2) is 3.42. The molecule has 1 saturated carbocycles. The van der Waals surface area contributed by atoms with Gasteiger partial charge in [-0.15, -0.1) is 0 Å². The normalized spacial score (nSPS) is 22.1. The lowest BCUT2D eigenvalue weighted by molar-refractivity contribution is -0.123. The van der Waals surface area contributed by atoms with Gasteiger partial charge in [-0.3, -0.25) is 0 Å². The largest absolute Gasteiger partial charge is 0.330 e. The number of alkyl halides is 2. The predicted molar refractivity (Wildman–Crippen MR) is 56.4 cm³/mol. The Morgan fingerprint density at radius 3 is 2.33 bits per heavy atom. The first-order valence-corrected chi connectivity index (χ1v) is 5.20. The molecule has 1 fully saturated rings. The van der Waals surface area contributed by atoms with Crippen molar-refractivity contribution in [2.45, 2.75) is 24.2 Å². The van der Waals surface area contributed by atoms with Gasteiger partial charge in [-0.25, -0.2) is 8.78 Å². The van der Waals surface area contributed by atoms with Crippen LogP contribution in [0.5, 0.6) is 0 Å². The summed E-state index contributed by atoms with van der Waals surface area (Å²) in [5.74, 6) is -2.58. The lowest BCUT2D eigenvalue weighted by Crippen LogP contribution is -2.53. The summed E-state index contributed by atoms with van der Waals surface area (Å²) in [6, 6.07) is 7.08. The molecule has 0 bridgehead atoms. The van der Waals surface area contributed by atoms with Crippen LogP contribution < -0.4 is 5.73 Å². The third-order valence-corrected chi connectivity index (χ3v) is 3.36. The van der Waals surface area contributed by atoms with Crippen LogP contribution in [0, 0.1) is 0 Å². The van der Waals surface area contributed by atoms with Crippen molar-refractivity contribution in [3.05, 3.63) is 34.9 Å².